The van der Waals surface area contributed by atoms with Gasteiger partial charge in [0.1, 0.15) is 5.78 Å². The number of rotatable bonds is 13. The second-order valence-electron chi connectivity index (χ2n) is 8.54. The molecule has 2 aromatic rings. The number of fused-ring (bicyclic) bond motifs is 1. The summed E-state index contributed by atoms with van der Waals surface area (Å²) in [5.74, 6) is 1.32. The van der Waals surface area contributed by atoms with Crippen LogP contribution in [-0.4, -0.2) is 50.8 Å². The lowest BCUT2D eigenvalue weighted by atomic mass is 9.95. The highest BCUT2D eigenvalue weighted by atomic mass is 16.5. The topological polar surface area (TPSA) is 51.1 Å². The fourth-order valence-corrected chi connectivity index (χ4v) is 4.30. The summed E-state index contributed by atoms with van der Waals surface area (Å²) >= 11 is 0. The highest BCUT2D eigenvalue weighted by molar-refractivity contribution is 5.99. The van der Waals surface area contributed by atoms with E-state index in [1.165, 1.54) is 12.0 Å². The molecule has 1 unspecified atom stereocenters. The molecule has 5 nitrogen and oxygen atoms in total. The lowest BCUT2D eigenvalue weighted by Gasteiger charge is -2.21. The van der Waals surface area contributed by atoms with Crippen LogP contribution in [0.4, 0.5) is 5.69 Å². The van der Waals surface area contributed by atoms with Crippen LogP contribution in [0.1, 0.15) is 36.8 Å². The summed E-state index contributed by atoms with van der Waals surface area (Å²) in [6.45, 7) is 6.80. The van der Waals surface area contributed by atoms with E-state index in [4.69, 9.17) is 9.47 Å². The number of aryl methyl sites for hydroxylation is 1. The fourth-order valence-electron chi connectivity index (χ4n) is 4.30. The molecular formula is C28H36N2O3. The molecule has 0 saturated carbocycles. The van der Waals surface area contributed by atoms with E-state index in [-0.39, 0.29) is 11.7 Å². The molecule has 1 atom stereocenters. The van der Waals surface area contributed by atoms with Crippen LogP contribution >= 0.6 is 0 Å². The zero-order valence-electron chi connectivity index (χ0n) is 20.0. The lowest BCUT2D eigenvalue weighted by molar-refractivity contribution is -0.120. The number of ketones is 1. The summed E-state index contributed by atoms with van der Waals surface area (Å²) in [7, 11) is 3.21. The predicted octanol–water partition coefficient (Wildman–Crippen LogP) is 5.44. The van der Waals surface area contributed by atoms with E-state index in [1.807, 2.05) is 24.4 Å². The molecule has 2 aromatic carbocycles. The van der Waals surface area contributed by atoms with Crippen molar-refractivity contribution in [2.45, 2.75) is 38.5 Å². The van der Waals surface area contributed by atoms with E-state index in [0.29, 0.717) is 17.9 Å². The summed E-state index contributed by atoms with van der Waals surface area (Å²) < 4.78 is 10.8. The summed E-state index contributed by atoms with van der Waals surface area (Å²) in [5, 5.41) is 0. The van der Waals surface area contributed by atoms with E-state index in [0.717, 1.165) is 56.6 Å². The Morgan fingerprint density at radius 1 is 1.06 bits per heavy atom. The van der Waals surface area contributed by atoms with Gasteiger partial charge in [-0.05, 0) is 62.4 Å². The van der Waals surface area contributed by atoms with Crippen LogP contribution in [0, 0.1) is 5.92 Å². The minimum absolute atomic E-state index is 0.155. The van der Waals surface area contributed by atoms with Gasteiger partial charge in [0.25, 0.3) is 0 Å². The highest BCUT2D eigenvalue weighted by Gasteiger charge is 2.23. The Morgan fingerprint density at radius 2 is 1.79 bits per heavy atom. The summed E-state index contributed by atoms with van der Waals surface area (Å²) in [6.07, 6.45) is 9.37. The summed E-state index contributed by atoms with van der Waals surface area (Å²) in [6, 6.07) is 14.4. The Bertz CT molecular complexity index is 940. The third-order valence-electron chi connectivity index (χ3n) is 6.17. The minimum Gasteiger partial charge on any atom is -0.493 e. The number of hydrogen-bond acceptors (Lipinski definition) is 5. The number of unbranched alkanes of at least 4 members (excludes halogenated alkanes) is 1. The largest absolute Gasteiger partial charge is 0.493 e. The molecule has 0 aliphatic carbocycles. The molecule has 33 heavy (non-hydrogen) atoms. The monoisotopic (exact) mass is 448 g/mol. The number of ether oxygens (including phenoxy) is 2. The number of aliphatic imine (C=N–C) groups is 1. The van der Waals surface area contributed by atoms with Crippen molar-refractivity contribution in [2.75, 3.05) is 33.9 Å². The maximum absolute atomic E-state index is 12.9. The van der Waals surface area contributed by atoms with Crippen LogP contribution in [0.3, 0.4) is 0 Å². The second kappa shape index (κ2) is 12.9. The van der Waals surface area contributed by atoms with Crippen LogP contribution in [0.15, 0.2) is 60.1 Å². The molecule has 0 saturated heterocycles. The molecule has 0 N–H and O–H groups in total. The number of carbonyl (C=O) groups is 1. The Balaban J connectivity index is 1.48. The highest BCUT2D eigenvalue weighted by Crippen LogP contribution is 2.36. The van der Waals surface area contributed by atoms with Crippen LogP contribution in [0.5, 0.6) is 11.5 Å². The molecule has 0 fully saturated rings. The maximum atomic E-state index is 12.9. The van der Waals surface area contributed by atoms with Crippen molar-refractivity contribution in [2.24, 2.45) is 10.9 Å². The third-order valence-corrected chi connectivity index (χ3v) is 6.17. The number of methoxy groups -OCH3 is 2. The van der Waals surface area contributed by atoms with Crippen molar-refractivity contribution in [3.8, 4) is 11.5 Å². The zero-order valence-corrected chi connectivity index (χ0v) is 20.0. The first-order chi connectivity index (χ1) is 16.1. The van der Waals surface area contributed by atoms with Crippen molar-refractivity contribution in [3.05, 3.63) is 66.2 Å². The lowest BCUT2D eigenvalue weighted by Crippen LogP contribution is -2.27. The van der Waals surface area contributed by atoms with Crippen molar-refractivity contribution < 1.29 is 14.3 Å². The first kappa shape index (κ1) is 24.7. The van der Waals surface area contributed by atoms with E-state index < -0.39 is 0 Å². The van der Waals surface area contributed by atoms with Gasteiger partial charge in [-0.2, -0.15) is 0 Å². The molecule has 0 aromatic heterocycles. The van der Waals surface area contributed by atoms with Crippen LogP contribution in [-0.2, 0) is 17.6 Å². The molecule has 1 heterocycles. The van der Waals surface area contributed by atoms with Gasteiger partial charge in [0.05, 0.1) is 25.8 Å². The first-order valence-corrected chi connectivity index (χ1v) is 11.8. The van der Waals surface area contributed by atoms with Gasteiger partial charge < -0.3 is 9.47 Å². The minimum atomic E-state index is -0.155. The Kier molecular flexibility index (Phi) is 9.70. The third kappa shape index (κ3) is 7.29. The SMILES string of the molecule is C=CCN(CCCCc1ccccc1)CCCC1C=Nc2cc(OC)c(OC)cc2CC1=O. The van der Waals surface area contributed by atoms with E-state index in [1.54, 1.807) is 14.2 Å². The standard InChI is InChI=1S/C28H36N2O3/c1-4-15-30(16-9-8-13-22-11-6-5-7-12-22)17-10-14-23-21-29-25-20-28(33-3)27(32-2)19-24(25)18-26(23)31/h4-7,11-12,19-21,23H,1,8-10,13-18H2,2-3H3. The van der Waals surface area contributed by atoms with Crippen LogP contribution < -0.4 is 9.47 Å². The van der Waals surface area contributed by atoms with Crippen LogP contribution in [0.2, 0.25) is 0 Å². The van der Waals surface area contributed by atoms with E-state index in [2.05, 4.69) is 46.8 Å². The normalized spacial score (nSPS) is 15.2. The molecule has 3 rings (SSSR count). The molecule has 176 valence electrons. The number of Topliss-reactive ketones (excluding diaryl/α,β-unsaturated/α-hetero) is 1. The average Bonchev–Trinajstić information content (AvgIpc) is 2.99. The van der Waals surface area contributed by atoms with Gasteiger partial charge in [0, 0.05) is 25.2 Å². The van der Waals surface area contributed by atoms with Crippen LogP contribution in [0.25, 0.3) is 0 Å². The molecular weight excluding hydrogens is 412 g/mol. The predicted molar refractivity (Wildman–Crippen MR) is 135 cm³/mol. The quantitative estimate of drug-likeness (QED) is 0.302. The molecule has 0 amide bonds. The van der Waals surface area contributed by atoms with Crippen molar-refractivity contribution >= 4 is 17.7 Å². The average molecular weight is 449 g/mol. The first-order valence-electron chi connectivity index (χ1n) is 11.8. The van der Waals surface area contributed by atoms with Gasteiger partial charge in [0.2, 0.25) is 0 Å². The summed E-state index contributed by atoms with van der Waals surface area (Å²) in [4.78, 5) is 19.9. The number of hydrogen-bond donors (Lipinski definition) is 0. The molecule has 0 radical (unpaired) electrons. The Morgan fingerprint density at radius 3 is 2.52 bits per heavy atom. The second-order valence-corrected chi connectivity index (χ2v) is 8.54. The molecule has 0 bridgehead atoms. The van der Waals surface area contributed by atoms with Gasteiger partial charge >= 0.3 is 0 Å². The fraction of sp³-hybridized carbons (Fsp3) is 0.429. The zero-order chi connectivity index (χ0) is 23.5. The maximum Gasteiger partial charge on any atom is 0.162 e. The molecule has 1 aliphatic rings. The molecule has 1 aliphatic heterocycles. The van der Waals surface area contributed by atoms with Gasteiger partial charge in [0.15, 0.2) is 11.5 Å². The summed E-state index contributed by atoms with van der Waals surface area (Å²) in [5.41, 5.74) is 3.08. The van der Waals surface area contributed by atoms with E-state index in [9.17, 15) is 4.79 Å². The van der Waals surface area contributed by atoms with Crippen molar-refractivity contribution in [3.63, 3.8) is 0 Å². The van der Waals surface area contributed by atoms with Gasteiger partial charge in [-0.1, -0.05) is 36.4 Å². The smallest absolute Gasteiger partial charge is 0.162 e. The van der Waals surface area contributed by atoms with Gasteiger partial charge in [-0.25, -0.2) is 0 Å². The van der Waals surface area contributed by atoms with Crippen molar-refractivity contribution in [1.82, 2.24) is 4.90 Å². The van der Waals surface area contributed by atoms with Gasteiger partial charge in [-0.15, -0.1) is 6.58 Å². The number of nitrogens with zero attached hydrogens (tertiary/aromatic N) is 2. The number of benzene rings is 2. The Hall–Kier alpha value is -2.92. The van der Waals surface area contributed by atoms with E-state index >= 15 is 0 Å². The number of carbonyl (C=O) groups excluding carboxylic acids is 1. The Labute approximate surface area is 198 Å². The molecule has 0 spiro atoms. The molecule has 5 heteroatoms. The van der Waals surface area contributed by atoms with Gasteiger partial charge in [-0.3, -0.25) is 14.7 Å². The van der Waals surface area contributed by atoms with Crippen molar-refractivity contribution in [1.29, 1.82) is 0 Å².